The van der Waals surface area contributed by atoms with E-state index in [1.54, 1.807) is 47.5 Å². The molecular formula is C16H20N2O2S. The van der Waals surface area contributed by atoms with Crippen LogP contribution in [0.4, 0.5) is 0 Å². The molecule has 1 amide bonds. The summed E-state index contributed by atoms with van der Waals surface area (Å²) in [6.07, 6.45) is 0.465. The minimum Gasteiger partial charge on any atom is -0.508 e. The number of carbonyl (C=O) groups excluding carboxylic acids is 1. The standard InChI is InChI=1S/C16H20N2O2S/c1-11-7-8-21-15(11)10-18(2)16(20)14(17)9-12-3-5-13(19)6-4-12/h3-8,14,19H,9-10,17H2,1-2H3/t14-/m0/s1. The van der Waals surface area contributed by atoms with Crippen LogP contribution < -0.4 is 5.73 Å². The average molecular weight is 304 g/mol. The topological polar surface area (TPSA) is 66.6 Å². The number of aromatic hydroxyl groups is 1. The lowest BCUT2D eigenvalue weighted by atomic mass is 10.1. The molecule has 0 radical (unpaired) electrons. The SMILES string of the molecule is Cc1ccsc1CN(C)C(=O)[C@@H](N)Cc1ccc(O)cc1. The van der Waals surface area contributed by atoms with Gasteiger partial charge in [-0.2, -0.15) is 0 Å². The minimum atomic E-state index is -0.570. The van der Waals surface area contributed by atoms with E-state index in [0.29, 0.717) is 13.0 Å². The van der Waals surface area contributed by atoms with E-state index in [-0.39, 0.29) is 11.7 Å². The number of rotatable bonds is 5. The number of benzene rings is 1. The molecule has 112 valence electrons. The lowest BCUT2D eigenvalue weighted by Gasteiger charge is -2.21. The van der Waals surface area contributed by atoms with Crippen LogP contribution in [-0.2, 0) is 17.8 Å². The van der Waals surface area contributed by atoms with Crippen LogP contribution in [0.1, 0.15) is 16.0 Å². The van der Waals surface area contributed by atoms with E-state index in [1.807, 2.05) is 12.3 Å². The fraction of sp³-hybridized carbons (Fsp3) is 0.312. The van der Waals surface area contributed by atoms with Crippen LogP contribution in [0, 0.1) is 6.92 Å². The van der Waals surface area contributed by atoms with Crippen molar-refractivity contribution in [3.8, 4) is 5.75 Å². The number of thiophene rings is 1. The van der Waals surface area contributed by atoms with Gasteiger partial charge in [0.2, 0.25) is 5.91 Å². The monoisotopic (exact) mass is 304 g/mol. The average Bonchev–Trinajstić information content (AvgIpc) is 2.86. The minimum absolute atomic E-state index is 0.0733. The van der Waals surface area contributed by atoms with Gasteiger partial charge in [0.05, 0.1) is 12.6 Å². The Morgan fingerprint density at radius 1 is 1.33 bits per heavy atom. The van der Waals surface area contributed by atoms with Gasteiger partial charge >= 0.3 is 0 Å². The molecule has 0 aliphatic carbocycles. The zero-order valence-corrected chi connectivity index (χ0v) is 13.1. The predicted molar refractivity (Wildman–Crippen MR) is 85.3 cm³/mol. The molecule has 0 unspecified atom stereocenters. The second-order valence-corrected chi connectivity index (χ2v) is 6.20. The molecule has 5 heteroatoms. The summed E-state index contributed by atoms with van der Waals surface area (Å²) < 4.78 is 0. The number of aryl methyl sites for hydroxylation is 1. The van der Waals surface area contributed by atoms with Crippen molar-refractivity contribution >= 4 is 17.2 Å². The molecule has 0 bridgehead atoms. The van der Waals surface area contributed by atoms with Crippen molar-refractivity contribution in [3.05, 3.63) is 51.7 Å². The van der Waals surface area contributed by atoms with Crippen LogP contribution in [0.25, 0.3) is 0 Å². The molecule has 0 spiro atoms. The van der Waals surface area contributed by atoms with Gasteiger partial charge in [-0.05, 0) is 48.1 Å². The number of nitrogens with zero attached hydrogens (tertiary/aromatic N) is 1. The van der Waals surface area contributed by atoms with E-state index in [1.165, 1.54) is 10.4 Å². The molecule has 4 nitrogen and oxygen atoms in total. The summed E-state index contributed by atoms with van der Waals surface area (Å²) in [6, 6.07) is 8.25. The maximum absolute atomic E-state index is 12.3. The Kier molecular flexibility index (Phi) is 4.98. The Hall–Kier alpha value is -1.85. The zero-order chi connectivity index (χ0) is 15.4. The molecule has 21 heavy (non-hydrogen) atoms. The largest absolute Gasteiger partial charge is 0.508 e. The molecule has 0 saturated heterocycles. The van der Waals surface area contributed by atoms with Crippen molar-refractivity contribution in [2.45, 2.75) is 25.9 Å². The fourth-order valence-corrected chi connectivity index (χ4v) is 3.07. The van der Waals surface area contributed by atoms with Crippen LogP contribution in [0.2, 0.25) is 0 Å². The highest BCUT2D eigenvalue weighted by Gasteiger charge is 2.19. The number of likely N-dealkylation sites (N-methyl/N-ethyl adjacent to an activating group) is 1. The Morgan fingerprint density at radius 2 is 2.00 bits per heavy atom. The van der Waals surface area contributed by atoms with Crippen molar-refractivity contribution < 1.29 is 9.90 Å². The van der Waals surface area contributed by atoms with Crippen LogP contribution >= 0.6 is 11.3 Å². The lowest BCUT2D eigenvalue weighted by molar-refractivity contribution is -0.131. The normalized spacial score (nSPS) is 12.1. The van der Waals surface area contributed by atoms with Crippen LogP contribution in [-0.4, -0.2) is 29.0 Å². The first-order chi connectivity index (χ1) is 9.97. The third-order valence-corrected chi connectivity index (χ3v) is 4.44. The first kappa shape index (κ1) is 15.5. The molecule has 0 fully saturated rings. The summed E-state index contributed by atoms with van der Waals surface area (Å²) in [6.45, 7) is 2.63. The Bertz CT molecular complexity index is 607. The second kappa shape index (κ2) is 6.74. The molecule has 2 rings (SSSR count). The molecule has 3 N–H and O–H groups in total. The summed E-state index contributed by atoms with van der Waals surface area (Å²) in [5.74, 6) is 0.139. The van der Waals surface area contributed by atoms with Gasteiger partial charge in [0.25, 0.3) is 0 Å². The zero-order valence-electron chi connectivity index (χ0n) is 12.2. The third kappa shape index (κ3) is 4.06. The summed E-state index contributed by atoms with van der Waals surface area (Å²) >= 11 is 1.65. The molecular weight excluding hydrogens is 284 g/mol. The van der Waals surface area contributed by atoms with Gasteiger partial charge in [0.1, 0.15) is 5.75 Å². The van der Waals surface area contributed by atoms with E-state index in [0.717, 1.165) is 5.56 Å². The van der Waals surface area contributed by atoms with Crippen LogP contribution in [0.5, 0.6) is 5.75 Å². The van der Waals surface area contributed by atoms with Gasteiger partial charge in [0.15, 0.2) is 0 Å². The highest BCUT2D eigenvalue weighted by atomic mass is 32.1. The van der Waals surface area contributed by atoms with Crippen LogP contribution in [0.3, 0.4) is 0 Å². The Labute approximate surface area is 128 Å². The highest BCUT2D eigenvalue weighted by molar-refractivity contribution is 7.10. The number of amides is 1. The number of phenolic OH excluding ortho intramolecular Hbond substituents is 1. The summed E-state index contributed by atoms with van der Waals surface area (Å²) in [4.78, 5) is 15.2. The van der Waals surface area contributed by atoms with Crippen molar-refractivity contribution in [2.24, 2.45) is 5.73 Å². The molecule has 0 saturated carbocycles. The highest BCUT2D eigenvalue weighted by Crippen LogP contribution is 2.18. The molecule has 1 aromatic heterocycles. The quantitative estimate of drug-likeness (QED) is 0.890. The number of nitrogens with two attached hydrogens (primary N) is 1. The third-order valence-electron chi connectivity index (χ3n) is 3.43. The number of phenols is 1. The summed E-state index contributed by atoms with van der Waals surface area (Å²) in [5.41, 5.74) is 8.14. The van der Waals surface area contributed by atoms with Crippen LogP contribution in [0.15, 0.2) is 35.7 Å². The number of hydrogen-bond donors (Lipinski definition) is 2. The van der Waals surface area contributed by atoms with Crippen molar-refractivity contribution in [2.75, 3.05) is 7.05 Å². The molecule has 0 aliphatic heterocycles. The van der Waals surface area contributed by atoms with Crippen molar-refractivity contribution in [3.63, 3.8) is 0 Å². The second-order valence-electron chi connectivity index (χ2n) is 5.20. The van der Waals surface area contributed by atoms with E-state index in [2.05, 4.69) is 6.07 Å². The van der Waals surface area contributed by atoms with Gasteiger partial charge in [-0.3, -0.25) is 4.79 Å². The summed E-state index contributed by atoms with van der Waals surface area (Å²) in [5, 5.41) is 11.3. The number of hydrogen-bond acceptors (Lipinski definition) is 4. The van der Waals surface area contributed by atoms with E-state index in [9.17, 15) is 9.90 Å². The van der Waals surface area contributed by atoms with Crippen molar-refractivity contribution in [1.29, 1.82) is 0 Å². The van der Waals surface area contributed by atoms with E-state index >= 15 is 0 Å². The van der Waals surface area contributed by atoms with Crippen molar-refractivity contribution in [1.82, 2.24) is 4.90 Å². The summed E-state index contributed by atoms with van der Waals surface area (Å²) in [7, 11) is 1.78. The van der Waals surface area contributed by atoms with Gasteiger partial charge in [-0.15, -0.1) is 11.3 Å². The van der Waals surface area contributed by atoms with E-state index in [4.69, 9.17) is 5.73 Å². The molecule has 2 aromatic rings. The van der Waals surface area contributed by atoms with Gasteiger partial charge in [-0.1, -0.05) is 12.1 Å². The Morgan fingerprint density at radius 3 is 2.57 bits per heavy atom. The lowest BCUT2D eigenvalue weighted by Crippen LogP contribution is -2.42. The smallest absolute Gasteiger partial charge is 0.239 e. The molecule has 0 aliphatic rings. The van der Waals surface area contributed by atoms with Gasteiger partial charge in [0, 0.05) is 11.9 Å². The maximum atomic E-state index is 12.3. The first-order valence-electron chi connectivity index (χ1n) is 6.79. The van der Waals surface area contributed by atoms with Gasteiger partial charge in [-0.25, -0.2) is 0 Å². The van der Waals surface area contributed by atoms with Gasteiger partial charge < -0.3 is 15.7 Å². The molecule has 1 aromatic carbocycles. The number of carbonyl (C=O) groups is 1. The predicted octanol–water partition coefficient (Wildman–Crippen LogP) is 2.29. The molecule has 1 atom stereocenters. The van der Waals surface area contributed by atoms with E-state index < -0.39 is 6.04 Å². The Balaban J connectivity index is 1.95. The fourth-order valence-electron chi connectivity index (χ4n) is 2.12. The maximum Gasteiger partial charge on any atom is 0.239 e. The molecule has 1 heterocycles. The first-order valence-corrected chi connectivity index (χ1v) is 7.66.